The third-order valence-corrected chi connectivity index (χ3v) is 4.28. The van der Waals surface area contributed by atoms with Gasteiger partial charge in [0, 0.05) is 18.0 Å². The highest BCUT2D eigenvalue weighted by molar-refractivity contribution is 6.04. The molecule has 1 aromatic carbocycles. The van der Waals surface area contributed by atoms with Gasteiger partial charge in [-0.25, -0.2) is 0 Å². The van der Waals surface area contributed by atoms with E-state index in [1.54, 1.807) is 0 Å². The highest BCUT2D eigenvalue weighted by Crippen LogP contribution is 2.23. The standard InChI is InChI=1S/C16H21N3O/c1-2-12-8-4-3-7-11-19(12)16(20)15-13-9-5-6-10-14(13)17-18-15/h5-6,9-10,12H,2-4,7-8,11H2,1H3,(H,17,18). The number of nitrogens with zero attached hydrogens (tertiary/aromatic N) is 2. The van der Waals surface area contributed by atoms with E-state index >= 15 is 0 Å². The molecule has 1 unspecified atom stereocenters. The number of hydrogen-bond acceptors (Lipinski definition) is 2. The molecule has 1 fully saturated rings. The first kappa shape index (κ1) is 13.2. The lowest BCUT2D eigenvalue weighted by atomic mass is 10.1. The second-order valence-corrected chi connectivity index (χ2v) is 5.53. The smallest absolute Gasteiger partial charge is 0.275 e. The molecule has 0 aliphatic carbocycles. The van der Waals surface area contributed by atoms with Gasteiger partial charge in [0.2, 0.25) is 0 Å². The van der Waals surface area contributed by atoms with Crippen molar-refractivity contribution in [2.24, 2.45) is 0 Å². The van der Waals surface area contributed by atoms with Crippen molar-refractivity contribution >= 4 is 16.8 Å². The van der Waals surface area contributed by atoms with Gasteiger partial charge in [-0.3, -0.25) is 9.89 Å². The van der Waals surface area contributed by atoms with Crippen LogP contribution in [0.4, 0.5) is 0 Å². The second-order valence-electron chi connectivity index (χ2n) is 5.53. The topological polar surface area (TPSA) is 49.0 Å². The minimum Gasteiger partial charge on any atom is -0.334 e. The second kappa shape index (κ2) is 5.65. The zero-order valence-corrected chi connectivity index (χ0v) is 11.9. The largest absolute Gasteiger partial charge is 0.334 e. The van der Waals surface area contributed by atoms with E-state index in [4.69, 9.17) is 0 Å². The summed E-state index contributed by atoms with van der Waals surface area (Å²) in [5.41, 5.74) is 1.50. The fourth-order valence-electron chi connectivity index (χ4n) is 3.13. The molecule has 4 heteroatoms. The summed E-state index contributed by atoms with van der Waals surface area (Å²) in [5, 5.41) is 8.14. The van der Waals surface area contributed by atoms with Crippen molar-refractivity contribution in [3.05, 3.63) is 30.0 Å². The number of aromatic nitrogens is 2. The number of rotatable bonds is 2. The van der Waals surface area contributed by atoms with Crippen LogP contribution in [-0.2, 0) is 0 Å². The van der Waals surface area contributed by atoms with Crippen LogP contribution in [0, 0.1) is 0 Å². The first-order valence-electron chi connectivity index (χ1n) is 7.55. The third kappa shape index (κ3) is 2.30. The summed E-state index contributed by atoms with van der Waals surface area (Å²) < 4.78 is 0. The normalized spacial score (nSPS) is 20.1. The van der Waals surface area contributed by atoms with Gasteiger partial charge >= 0.3 is 0 Å². The fourth-order valence-corrected chi connectivity index (χ4v) is 3.13. The van der Waals surface area contributed by atoms with Gasteiger partial charge in [0.15, 0.2) is 5.69 Å². The van der Waals surface area contributed by atoms with Crippen LogP contribution < -0.4 is 0 Å². The number of fused-ring (bicyclic) bond motifs is 1. The predicted octanol–water partition coefficient (Wildman–Crippen LogP) is 3.36. The van der Waals surface area contributed by atoms with Crippen LogP contribution in [0.25, 0.3) is 10.9 Å². The summed E-state index contributed by atoms with van der Waals surface area (Å²) >= 11 is 0. The summed E-state index contributed by atoms with van der Waals surface area (Å²) in [6.07, 6.45) is 5.69. The molecule has 1 saturated heterocycles. The Kier molecular flexibility index (Phi) is 3.72. The van der Waals surface area contributed by atoms with E-state index in [1.807, 2.05) is 29.2 Å². The highest BCUT2D eigenvalue weighted by Gasteiger charge is 2.27. The molecule has 1 atom stereocenters. The molecule has 1 aliphatic heterocycles. The van der Waals surface area contributed by atoms with Crippen molar-refractivity contribution in [2.45, 2.75) is 45.1 Å². The number of carbonyl (C=O) groups is 1. The Hall–Kier alpha value is -1.84. The van der Waals surface area contributed by atoms with Crippen LogP contribution >= 0.6 is 0 Å². The number of para-hydroxylation sites is 1. The number of carbonyl (C=O) groups excluding carboxylic acids is 1. The van der Waals surface area contributed by atoms with Crippen molar-refractivity contribution in [1.29, 1.82) is 0 Å². The Balaban J connectivity index is 1.94. The minimum absolute atomic E-state index is 0.0798. The Morgan fingerprint density at radius 2 is 2.20 bits per heavy atom. The molecule has 3 rings (SSSR count). The van der Waals surface area contributed by atoms with Crippen LogP contribution in [0.5, 0.6) is 0 Å². The van der Waals surface area contributed by atoms with Crippen LogP contribution in [-0.4, -0.2) is 33.6 Å². The van der Waals surface area contributed by atoms with Gasteiger partial charge in [0.1, 0.15) is 0 Å². The summed E-state index contributed by atoms with van der Waals surface area (Å²) in [6.45, 7) is 3.03. The average molecular weight is 271 g/mol. The number of benzene rings is 1. The first-order valence-corrected chi connectivity index (χ1v) is 7.55. The minimum atomic E-state index is 0.0798. The average Bonchev–Trinajstić information content (AvgIpc) is 2.76. The summed E-state index contributed by atoms with van der Waals surface area (Å²) in [6, 6.07) is 8.19. The zero-order valence-electron chi connectivity index (χ0n) is 11.9. The van der Waals surface area contributed by atoms with E-state index in [2.05, 4.69) is 17.1 Å². The summed E-state index contributed by atoms with van der Waals surface area (Å²) in [5.74, 6) is 0.0798. The van der Waals surface area contributed by atoms with Crippen molar-refractivity contribution in [2.75, 3.05) is 6.54 Å². The van der Waals surface area contributed by atoms with Gasteiger partial charge < -0.3 is 4.90 Å². The number of nitrogens with one attached hydrogen (secondary N) is 1. The molecule has 1 amide bonds. The lowest BCUT2D eigenvalue weighted by Crippen LogP contribution is -2.39. The highest BCUT2D eigenvalue weighted by atomic mass is 16.2. The maximum atomic E-state index is 12.8. The number of hydrogen-bond donors (Lipinski definition) is 1. The fraction of sp³-hybridized carbons (Fsp3) is 0.500. The van der Waals surface area contributed by atoms with Crippen molar-refractivity contribution in [3.63, 3.8) is 0 Å². The lowest BCUT2D eigenvalue weighted by molar-refractivity contribution is 0.0674. The molecular weight excluding hydrogens is 250 g/mol. The van der Waals surface area contributed by atoms with Crippen LogP contribution in [0.1, 0.15) is 49.5 Å². The van der Waals surface area contributed by atoms with E-state index in [-0.39, 0.29) is 5.91 Å². The molecule has 4 nitrogen and oxygen atoms in total. The predicted molar refractivity (Wildman–Crippen MR) is 79.7 cm³/mol. The summed E-state index contributed by atoms with van der Waals surface area (Å²) in [7, 11) is 0. The molecule has 0 bridgehead atoms. The van der Waals surface area contributed by atoms with E-state index in [9.17, 15) is 4.79 Å². The zero-order chi connectivity index (χ0) is 13.9. The molecule has 0 spiro atoms. The number of aromatic amines is 1. The van der Waals surface area contributed by atoms with Gasteiger partial charge in [-0.1, -0.05) is 38.0 Å². The monoisotopic (exact) mass is 271 g/mol. The molecule has 106 valence electrons. The molecule has 1 aliphatic rings. The van der Waals surface area contributed by atoms with Crippen molar-refractivity contribution < 1.29 is 4.79 Å². The lowest BCUT2D eigenvalue weighted by Gasteiger charge is -2.28. The van der Waals surface area contributed by atoms with E-state index in [1.165, 1.54) is 12.8 Å². The number of amides is 1. The van der Waals surface area contributed by atoms with Gasteiger partial charge in [-0.2, -0.15) is 5.10 Å². The van der Waals surface area contributed by atoms with Gasteiger partial charge in [0.05, 0.1) is 5.52 Å². The van der Waals surface area contributed by atoms with E-state index in [0.29, 0.717) is 11.7 Å². The van der Waals surface area contributed by atoms with Crippen molar-refractivity contribution in [3.8, 4) is 0 Å². The third-order valence-electron chi connectivity index (χ3n) is 4.28. The Bertz CT molecular complexity index is 605. The molecule has 1 N–H and O–H groups in total. The molecule has 2 aromatic rings. The first-order chi connectivity index (χ1) is 9.81. The molecule has 2 heterocycles. The number of H-pyrrole nitrogens is 1. The van der Waals surface area contributed by atoms with Crippen LogP contribution in [0.2, 0.25) is 0 Å². The Morgan fingerprint density at radius 3 is 3.05 bits per heavy atom. The Morgan fingerprint density at radius 1 is 1.35 bits per heavy atom. The van der Waals surface area contributed by atoms with E-state index < -0.39 is 0 Å². The van der Waals surface area contributed by atoms with Gasteiger partial charge in [0.25, 0.3) is 5.91 Å². The van der Waals surface area contributed by atoms with Gasteiger partial charge in [-0.15, -0.1) is 0 Å². The molecule has 0 radical (unpaired) electrons. The SMILES string of the molecule is CCC1CCCCCN1C(=O)c1n[nH]c2ccccc12. The maximum absolute atomic E-state index is 12.8. The molecule has 20 heavy (non-hydrogen) atoms. The van der Waals surface area contributed by atoms with Crippen LogP contribution in [0.15, 0.2) is 24.3 Å². The van der Waals surface area contributed by atoms with Gasteiger partial charge in [-0.05, 0) is 25.3 Å². The molecule has 1 aromatic heterocycles. The Labute approximate surface area is 119 Å². The summed E-state index contributed by atoms with van der Waals surface area (Å²) in [4.78, 5) is 14.9. The molecular formula is C16H21N3O. The maximum Gasteiger partial charge on any atom is 0.275 e. The van der Waals surface area contributed by atoms with Crippen molar-refractivity contribution in [1.82, 2.24) is 15.1 Å². The van der Waals surface area contributed by atoms with E-state index in [0.717, 1.165) is 36.7 Å². The number of likely N-dealkylation sites (tertiary alicyclic amines) is 1. The quantitative estimate of drug-likeness (QED) is 0.910. The van der Waals surface area contributed by atoms with Crippen LogP contribution in [0.3, 0.4) is 0 Å². The molecule has 0 saturated carbocycles.